The van der Waals surface area contributed by atoms with Crippen LogP contribution in [0, 0.1) is 6.92 Å². The summed E-state index contributed by atoms with van der Waals surface area (Å²) in [6, 6.07) is 5.94. The molecule has 0 aromatic heterocycles. The molecule has 0 heterocycles. The second-order valence-corrected chi connectivity index (χ2v) is 5.84. The van der Waals surface area contributed by atoms with Crippen LogP contribution in [-0.4, -0.2) is 37.5 Å². The molecule has 1 aromatic rings. The van der Waals surface area contributed by atoms with Gasteiger partial charge in [-0.05, 0) is 58.6 Å². The van der Waals surface area contributed by atoms with Crippen molar-refractivity contribution in [2.45, 2.75) is 26.3 Å². The van der Waals surface area contributed by atoms with Gasteiger partial charge in [-0.25, -0.2) is 0 Å². The van der Waals surface area contributed by atoms with E-state index in [1.165, 1.54) is 0 Å². The molecule has 1 atom stereocenters. The smallest absolute Gasteiger partial charge is 0.251 e. The van der Waals surface area contributed by atoms with Crippen LogP contribution in [0.2, 0.25) is 0 Å². The van der Waals surface area contributed by atoms with Gasteiger partial charge in [-0.2, -0.15) is 0 Å². The Hall–Kier alpha value is -0.870. The maximum Gasteiger partial charge on any atom is 0.251 e. The molecule has 18 heavy (non-hydrogen) atoms. The Bertz CT molecular complexity index is 418. The Morgan fingerprint density at radius 2 is 2.11 bits per heavy atom. The molecule has 0 aliphatic carbocycles. The van der Waals surface area contributed by atoms with Crippen LogP contribution in [0.3, 0.4) is 0 Å². The number of hydrogen-bond acceptors (Lipinski definition) is 2. The molecule has 1 unspecified atom stereocenters. The van der Waals surface area contributed by atoms with Gasteiger partial charge in [-0.1, -0.05) is 22.0 Å². The third-order valence-electron chi connectivity index (χ3n) is 2.83. The number of rotatable bonds is 5. The van der Waals surface area contributed by atoms with Crippen LogP contribution in [0.25, 0.3) is 0 Å². The first-order chi connectivity index (χ1) is 8.40. The quantitative estimate of drug-likeness (QED) is 0.906. The summed E-state index contributed by atoms with van der Waals surface area (Å²) in [5, 5.41) is 3.03. The van der Waals surface area contributed by atoms with Crippen molar-refractivity contribution in [1.82, 2.24) is 10.2 Å². The summed E-state index contributed by atoms with van der Waals surface area (Å²) in [5.41, 5.74) is 1.73. The second-order valence-electron chi connectivity index (χ2n) is 4.93. The van der Waals surface area contributed by atoms with Gasteiger partial charge < -0.3 is 10.2 Å². The van der Waals surface area contributed by atoms with Gasteiger partial charge in [0.05, 0.1) is 0 Å². The molecule has 0 spiro atoms. The Kier molecular flexibility index (Phi) is 5.82. The van der Waals surface area contributed by atoms with Crippen LogP contribution >= 0.6 is 15.9 Å². The molecule has 3 nitrogen and oxygen atoms in total. The molecule has 0 aliphatic rings. The topological polar surface area (TPSA) is 32.3 Å². The average Bonchev–Trinajstić information content (AvgIpc) is 2.29. The molecule has 0 fully saturated rings. The summed E-state index contributed by atoms with van der Waals surface area (Å²) >= 11 is 3.39. The Balaban J connectivity index is 2.62. The highest BCUT2D eigenvalue weighted by Crippen LogP contribution is 2.16. The van der Waals surface area contributed by atoms with E-state index in [4.69, 9.17) is 0 Å². The second kappa shape index (κ2) is 6.90. The fourth-order valence-electron chi connectivity index (χ4n) is 1.66. The summed E-state index contributed by atoms with van der Waals surface area (Å²) < 4.78 is 0.930. The van der Waals surface area contributed by atoms with E-state index in [0.29, 0.717) is 0 Å². The van der Waals surface area contributed by atoms with E-state index in [2.05, 4.69) is 26.1 Å². The molecule has 100 valence electrons. The van der Waals surface area contributed by atoms with E-state index in [0.717, 1.165) is 28.6 Å². The number of benzene rings is 1. The molecule has 1 rings (SSSR count). The van der Waals surface area contributed by atoms with Gasteiger partial charge in [0, 0.05) is 16.1 Å². The first-order valence-electron chi connectivity index (χ1n) is 6.12. The molecule has 1 amide bonds. The maximum atomic E-state index is 12.1. The lowest BCUT2D eigenvalue weighted by atomic mass is 10.1. The minimum absolute atomic E-state index is 0.0000520. The number of carbonyl (C=O) groups is 1. The number of carbonyl (C=O) groups excluding carboxylic acids is 1. The Morgan fingerprint density at radius 1 is 1.44 bits per heavy atom. The van der Waals surface area contributed by atoms with Crippen molar-refractivity contribution < 1.29 is 4.79 Å². The summed E-state index contributed by atoms with van der Waals surface area (Å²) in [5.74, 6) is 0.0000520. The highest BCUT2D eigenvalue weighted by Gasteiger charge is 2.12. The van der Waals surface area contributed by atoms with Crippen LogP contribution in [0.15, 0.2) is 22.7 Å². The zero-order valence-corrected chi connectivity index (χ0v) is 13.0. The van der Waals surface area contributed by atoms with E-state index in [9.17, 15) is 4.79 Å². The third kappa shape index (κ3) is 4.78. The molecule has 0 saturated heterocycles. The lowest BCUT2D eigenvalue weighted by Gasteiger charge is -2.17. The largest absolute Gasteiger partial charge is 0.350 e. The van der Waals surface area contributed by atoms with E-state index in [1.807, 2.05) is 46.1 Å². The van der Waals surface area contributed by atoms with Crippen molar-refractivity contribution in [1.29, 1.82) is 0 Å². The Labute approximate surface area is 118 Å². The molecule has 0 radical (unpaired) electrons. The monoisotopic (exact) mass is 312 g/mol. The van der Waals surface area contributed by atoms with Crippen molar-refractivity contribution in [3.63, 3.8) is 0 Å². The summed E-state index contributed by atoms with van der Waals surface area (Å²) in [6.45, 7) is 4.96. The molecule has 4 heteroatoms. The molecule has 1 aromatic carbocycles. The molecule has 0 bridgehead atoms. The molecular formula is C14H21BrN2O. The summed E-state index contributed by atoms with van der Waals surface area (Å²) in [6.07, 6.45) is 0.950. The van der Waals surface area contributed by atoms with Gasteiger partial charge >= 0.3 is 0 Å². The van der Waals surface area contributed by atoms with Crippen LogP contribution in [0.4, 0.5) is 0 Å². The van der Waals surface area contributed by atoms with Gasteiger partial charge in [0.15, 0.2) is 0 Å². The SMILES string of the molecule is Cc1ccc(Br)cc1C(=O)NC(C)CCN(C)C. The average molecular weight is 313 g/mol. The van der Waals surface area contributed by atoms with E-state index in [-0.39, 0.29) is 11.9 Å². The first kappa shape index (κ1) is 15.2. The third-order valence-corrected chi connectivity index (χ3v) is 3.32. The van der Waals surface area contributed by atoms with Crippen LogP contribution in [0.5, 0.6) is 0 Å². The zero-order valence-electron chi connectivity index (χ0n) is 11.5. The van der Waals surface area contributed by atoms with Crippen molar-refractivity contribution in [3.8, 4) is 0 Å². The van der Waals surface area contributed by atoms with Crippen LogP contribution < -0.4 is 5.32 Å². The molecule has 0 saturated carbocycles. The van der Waals surface area contributed by atoms with Gasteiger partial charge in [0.25, 0.3) is 5.91 Å². The standard InChI is InChI=1S/C14H21BrN2O/c1-10-5-6-12(15)9-13(10)14(18)16-11(2)7-8-17(3)4/h5-6,9,11H,7-8H2,1-4H3,(H,16,18). The summed E-state index contributed by atoms with van der Waals surface area (Å²) in [7, 11) is 4.07. The van der Waals surface area contributed by atoms with Crippen LogP contribution in [0.1, 0.15) is 29.3 Å². The maximum absolute atomic E-state index is 12.1. The minimum Gasteiger partial charge on any atom is -0.350 e. The molecule has 0 aliphatic heterocycles. The molecular weight excluding hydrogens is 292 g/mol. The predicted octanol–water partition coefficient (Wildman–Crippen LogP) is 2.83. The highest BCUT2D eigenvalue weighted by atomic mass is 79.9. The first-order valence-corrected chi connectivity index (χ1v) is 6.91. The van der Waals surface area contributed by atoms with E-state index < -0.39 is 0 Å². The van der Waals surface area contributed by atoms with Crippen molar-refractivity contribution >= 4 is 21.8 Å². The number of amides is 1. The van der Waals surface area contributed by atoms with Crippen LogP contribution in [-0.2, 0) is 0 Å². The van der Waals surface area contributed by atoms with Crippen molar-refractivity contribution in [3.05, 3.63) is 33.8 Å². The number of nitrogens with one attached hydrogen (secondary N) is 1. The van der Waals surface area contributed by atoms with Gasteiger partial charge in [0.2, 0.25) is 0 Å². The number of aryl methyl sites for hydroxylation is 1. The predicted molar refractivity (Wildman–Crippen MR) is 79.0 cm³/mol. The zero-order chi connectivity index (χ0) is 13.7. The Morgan fingerprint density at radius 3 is 2.72 bits per heavy atom. The lowest BCUT2D eigenvalue weighted by molar-refractivity contribution is 0.0936. The van der Waals surface area contributed by atoms with Gasteiger partial charge in [0.1, 0.15) is 0 Å². The lowest BCUT2D eigenvalue weighted by Crippen LogP contribution is -2.35. The van der Waals surface area contributed by atoms with E-state index >= 15 is 0 Å². The fourth-order valence-corrected chi connectivity index (χ4v) is 2.03. The van der Waals surface area contributed by atoms with E-state index in [1.54, 1.807) is 0 Å². The number of hydrogen-bond donors (Lipinski definition) is 1. The number of nitrogens with zero attached hydrogens (tertiary/aromatic N) is 1. The minimum atomic E-state index is 0.0000520. The molecule has 1 N–H and O–H groups in total. The highest BCUT2D eigenvalue weighted by molar-refractivity contribution is 9.10. The van der Waals surface area contributed by atoms with Crippen molar-refractivity contribution in [2.75, 3.05) is 20.6 Å². The van der Waals surface area contributed by atoms with Gasteiger partial charge in [-0.15, -0.1) is 0 Å². The normalized spacial score (nSPS) is 12.6. The number of halogens is 1. The van der Waals surface area contributed by atoms with Gasteiger partial charge in [-0.3, -0.25) is 4.79 Å². The van der Waals surface area contributed by atoms with Crippen molar-refractivity contribution in [2.24, 2.45) is 0 Å². The fraction of sp³-hybridized carbons (Fsp3) is 0.500. The summed E-state index contributed by atoms with van der Waals surface area (Å²) in [4.78, 5) is 14.2.